The molecule has 0 unspecified atom stereocenters. The summed E-state index contributed by atoms with van der Waals surface area (Å²) < 4.78 is 10.8. The Morgan fingerprint density at radius 3 is 2.79 bits per heavy atom. The van der Waals surface area contributed by atoms with Crippen LogP contribution in [0, 0.1) is 5.92 Å². The molecular formula is C13H18BrNO4. The van der Waals surface area contributed by atoms with Crippen LogP contribution in [-0.4, -0.2) is 42.3 Å². The van der Waals surface area contributed by atoms with Gasteiger partial charge in [0.05, 0.1) is 13.7 Å². The number of piperidine rings is 1. The lowest BCUT2D eigenvalue weighted by molar-refractivity contribution is -0.154. The van der Waals surface area contributed by atoms with Gasteiger partial charge in [0, 0.05) is 0 Å². The first-order valence-corrected chi connectivity index (χ1v) is 7.12. The van der Waals surface area contributed by atoms with Gasteiger partial charge in [-0.3, -0.25) is 4.90 Å². The van der Waals surface area contributed by atoms with Crippen LogP contribution in [-0.2, 0) is 16.1 Å². The minimum atomic E-state index is -0.995. The zero-order chi connectivity index (χ0) is 13.8. The maximum atomic E-state index is 11.3. The second kappa shape index (κ2) is 6.54. The van der Waals surface area contributed by atoms with Crippen molar-refractivity contribution in [1.29, 1.82) is 0 Å². The number of furan rings is 1. The Hall–Kier alpha value is -0.850. The summed E-state index contributed by atoms with van der Waals surface area (Å²) in [5.74, 6) is 0.374. The molecule has 0 saturated carbocycles. The van der Waals surface area contributed by atoms with Crippen molar-refractivity contribution in [3.05, 3.63) is 22.6 Å². The smallest absolute Gasteiger partial charge is 0.334 e. The quantitative estimate of drug-likeness (QED) is 0.852. The van der Waals surface area contributed by atoms with Crippen molar-refractivity contribution in [2.45, 2.75) is 25.5 Å². The van der Waals surface area contributed by atoms with Gasteiger partial charge in [-0.15, -0.1) is 0 Å². The van der Waals surface area contributed by atoms with Crippen molar-refractivity contribution in [2.75, 3.05) is 20.2 Å². The fourth-order valence-electron chi connectivity index (χ4n) is 2.40. The van der Waals surface area contributed by atoms with Gasteiger partial charge < -0.3 is 14.3 Å². The summed E-state index contributed by atoms with van der Waals surface area (Å²) >= 11 is 3.28. The van der Waals surface area contributed by atoms with Gasteiger partial charge in [0.1, 0.15) is 5.76 Å². The number of esters is 1. The predicted octanol–water partition coefficient (Wildman–Crippen LogP) is 1.79. The number of aliphatic hydroxyl groups is 1. The van der Waals surface area contributed by atoms with Crippen LogP contribution >= 0.6 is 15.9 Å². The van der Waals surface area contributed by atoms with E-state index in [1.54, 1.807) is 0 Å². The topological polar surface area (TPSA) is 62.9 Å². The normalized spacial score (nSPS) is 19.3. The van der Waals surface area contributed by atoms with Crippen LogP contribution in [0.2, 0.25) is 0 Å². The Morgan fingerprint density at radius 1 is 1.58 bits per heavy atom. The summed E-state index contributed by atoms with van der Waals surface area (Å²) in [6.07, 6.45) is 0.584. The van der Waals surface area contributed by atoms with Crippen LogP contribution in [0.25, 0.3) is 0 Å². The predicted molar refractivity (Wildman–Crippen MR) is 72.4 cm³/mol. The minimum Gasteiger partial charge on any atom is -0.467 e. The fourth-order valence-corrected chi connectivity index (χ4v) is 2.74. The number of hydrogen-bond acceptors (Lipinski definition) is 5. The van der Waals surface area contributed by atoms with E-state index in [0.29, 0.717) is 0 Å². The Kier molecular flexibility index (Phi) is 5.01. The Morgan fingerprint density at radius 2 is 2.26 bits per heavy atom. The lowest BCUT2D eigenvalue weighted by Gasteiger charge is -2.32. The van der Waals surface area contributed by atoms with E-state index >= 15 is 0 Å². The summed E-state index contributed by atoms with van der Waals surface area (Å²) in [6.45, 7) is 2.45. The standard InChI is InChI=1S/C13H18BrNO4/c1-18-13(17)12(16)9-4-6-15(7-5-9)8-10-2-3-11(14)19-10/h2-3,9,12,16H,4-8H2,1H3/t12-/m0/s1. The number of ether oxygens (including phenoxy) is 1. The van der Waals surface area contributed by atoms with E-state index in [4.69, 9.17) is 4.42 Å². The molecule has 1 aliphatic heterocycles. The molecule has 0 spiro atoms. The first kappa shape index (κ1) is 14.6. The fraction of sp³-hybridized carbons (Fsp3) is 0.615. The Balaban J connectivity index is 1.80. The molecule has 2 heterocycles. The minimum absolute atomic E-state index is 0.00737. The number of halogens is 1. The van der Waals surface area contributed by atoms with E-state index in [1.807, 2.05) is 12.1 Å². The van der Waals surface area contributed by atoms with Crippen molar-refractivity contribution in [2.24, 2.45) is 5.92 Å². The van der Waals surface area contributed by atoms with Crippen molar-refractivity contribution in [1.82, 2.24) is 4.90 Å². The SMILES string of the molecule is COC(=O)[C@@H](O)C1CCN(Cc2ccc(Br)o2)CC1. The first-order valence-electron chi connectivity index (χ1n) is 6.32. The van der Waals surface area contributed by atoms with Gasteiger partial charge in [0.25, 0.3) is 0 Å². The molecule has 2 rings (SSSR count). The highest BCUT2D eigenvalue weighted by molar-refractivity contribution is 9.10. The largest absolute Gasteiger partial charge is 0.467 e. The zero-order valence-corrected chi connectivity index (χ0v) is 12.4. The molecule has 0 amide bonds. The molecule has 19 heavy (non-hydrogen) atoms. The maximum absolute atomic E-state index is 11.3. The van der Waals surface area contributed by atoms with E-state index in [1.165, 1.54) is 7.11 Å². The van der Waals surface area contributed by atoms with Crippen molar-refractivity contribution < 1.29 is 19.1 Å². The maximum Gasteiger partial charge on any atom is 0.334 e. The highest BCUT2D eigenvalue weighted by Crippen LogP contribution is 2.23. The van der Waals surface area contributed by atoms with E-state index in [9.17, 15) is 9.90 Å². The number of rotatable bonds is 4. The number of carbonyl (C=O) groups is 1. The average Bonchev–Trinajstić information content (AvgIpc) is 2.83. The highest BCUT2D eigenvalue weighted by atomic mass is 79.9. The number of likely N-dealkylation sites (tertiary alicyclic amines) is 1. The van der Waals surface area contributed by atoms with Gasteiger partial charge >= 0.3 is 5.97 Å². The Labute approximate surface area is 120 Å². The molecule has 1 aromatic heterocycles. The van der Waals surface area contributed by atoms with Crippen LogP contribution in [0.5, 0.6) is 0 Å². The lowest BCUT2D eigenvalue weighted by Crippen LogP contribution is -2.40. The number of nitrogens with zero attached hydrogens (tertiary/aromatic N) is 1. The molecular weight excluding hydrogens is 314 g/mol. The van der Waals surface area contributed by atoms with Crippen molar-refractivity contribution in [3.63, 3.8) is 0 Å². The van der Waals surface area contributed by atoms with Crippen LogP contribution in [0.1, 0.15) is 18.6 Å². The van der Waals surface area contributed by atoms with Gasteiger partial charge in [0.2, 0.25) is 0 Å². The van der Waals surface area contributed by atoms with Gasteiger partial charge in [-0.25, -0.2) is 4.79 Å². The van der Waals surface area contributed by atoms with Gasteiger partial charge in [0.15, 0.2) is 10.8 Å². The second-order valence-corrected chi connectivity index (χ2v) is 5.57. The molecule has 1 N–H and O–H groups in total. The third-order valence-electron chi connectivity index (χ3n) is 3.53. The zero-order valence-electron chi connectivity index (χ0n) is 10.8. The van der Waals surface area contributed by atoms with Crippen molar-refractivity contribution in [3.8, 4) is 0 Å². The molecule has 1 saturated heterocycles. The van der Waals surface area contributed by atoms with Crippen LogP contribution in [0.15, 0.2) is 21.2 Å². The summed E-state index contributed by atoms with van der Waals surface area (Å²) in [6, 6.07) is 3.82. The van der Waals surface area contributed by atoms with Crippen LogP contribution < -0.4 is 0 Å². The molecule has 1 atom stereocenters. The summed E-state index contributed by atoms with van der Waals surface area (Å²) in [5, 5.41) is 9.80. The van der Waals surface area contributed by atoms with Gasteiger partial charge in [-0.2, -0.15) is 0 Å². The molecule has 0 aromatic carbocycles. The molecule has 1 aliphatic rings. The molecule has 1 aromatic rings. The second-order valence-electron chi connectivity index (χ2n) is 4.79. The van der Waals surface area contributed by atoms with Crippen LogP contribution in [0.3, 0.4) is 0 Å². The highest BCUT2D eigenvalue weighted by Gasteiger charge is 2.30. The van der Waals surface area contributed by atoms with E-state index in [0.717, 1.165) is 42.9 Å². The summed E-state index contributed by atoms with van der Waals surface area (Å²) in [7, 11) is 1.30. The van der Waals surface area contributed by atoms with E-state index < -0.39 is 12.1 Å². The first-order chi connectivity index (χ1) is 9.10. The molecule has 106 valence electrons. The van der Waals surface area contributed by atoms with Crippen LogP contribution in [0.4, 0.5) is 0 Å². The van der Waals surface area contributed by atoms with Crippen molar-refractivity contribution >= 4 is 21.9 Å². The number of aliphatic hydroxyl groups excluding tert-OH is 1. The summed E-state index contributed by atoms with van der Waals surface area (Å²) in [4.78, 5) is 13.5. The Bertz CT molecular complexity index is 426. The monoisotopic (exact) mass is 331 g/mol. The summed E-state index contributed by atoms with van der Waals surface area (Å²) in [5.41, 5.74) is 0. The average molecular weight is 332 g/mol. The molecule has 6 heteroatoms. The third kappa shape index (κ3) is 3.81. The van der Waals surface area contributed by atoms with Gasteiger partial charge in [-0.1, -0.05) is 0 Å². The van der Waals surface area contributed by atoms with E-state index in [-0.39, 0.29) is 5.92 Å². The third-order valence-corrected chi connectivity index (χ3v) is 3.96. The number of methoxy groups -OCH3 is 1. The lowest BCUT2D eigenvalue weighted by atomic mass is 9.91. The number of hydrogen-bond donors (Lipinski definition) is 1. The molecule has 1 fully saturated rings. The molecule has 0 bridgehead atoms. The number of carbonyl (C=O) groups excluding carboxylic acids is 1. The molecule has 0 radical (unpaired) electrons. The van der Waals surface area contributed by atoms with Gasteiger partial charge in [-0.05, 0) is 59.9 Å². The molecule has 5 nitrogen and oxygen atoms in total. The molecule has 0 aliphatic carbocycles. The van der Waals surface area contributed by atoms with E-state index in [2.05, 4.69) is 25.6 Å².